The van der Waals surface area contributed by atoms with Crippen molar-refractivity contribution in [1.82, 2.24) is 10.2 Å². The van der Waals surface area contributed by atoms with E-state index in [1.54, 1.807) is 0 Å². The van der Waals surface area contributed by atoms with E-state index in [1.165, 1.54) is 0 Å². The number of fused-ring (bicyclic) bond motifs is 1. The summed E-state index contributed by atoms with van der Waals surface area (Å²) in [5.41, 5.74) is -3.11. The van der Waals surface area contributed by atoms with E-state index in [0.29, 0.717) is 0 Å². The summed E-state index contributed by atoms with van der Waals surface area (Å²) in [6.07, 6.45) is -9.97. The smallest absolute Gasteiger partial charge is 0.435 e. The molecule has 0 atom stereocenters. The van der Waals surface area contributed by atoms with Gasteiger partial charge in [0.15, 0.2) is 11.4 Å². The monoisotopic (exact) mass is 326 g/mol. The van der Waals surface area contributed by atoms with Gasteiger partial charge < -0.3 is 9.47 Å². The lowest BCUT2D eigenvalue weighted by atomic mass is 10.1. The van der Waals surface area contributed by atoms with Crippen LogP contribution in [0.25, 0.3) is 10.8 Å². The minimum Gasteiger partial charge on any atom is -0.497 e. The number of methoxy groups -OCH3 is 2. The molecule has 0 saturated heterocycles. The lowest BCUT2D eigenvalue weighted by molar-refractivity contribution is -0.145. The Morgan fingerprint density at radius 2 is 1.36 bits per heavy atom. The van der Waals surface area contributed by atoms with Crippen molar-refractivity contribution in [2.24, 2.45) is 0 Å². The molecule has 1 aromatic heterocycles. The molecule has 0 unspecified atom stereocenters. The largest absolute Gasteiger partial charge is 0.497 e. The van der Waals surface area contributed by atoms with Crippen molar-refractivity contribution in [1.29, 1.82) is 0 Å². The summed E-state index contributed by atoms with van der Waals surface area (Å²) in [5.74, 6) is -0.543. The quantitative estimate of drug-likeness (QED) is 0.790. The van der Waals surface area contributed by atoms with E-state index in [-0.39, 0.29) is 5.75 Å². The maximum Gasteiger partial charge on any atom is 0.435 e. The Morgan fingerprint density at radius 3 is 1.82 bits per heavy atom. The molecule has 22 heavy (non-hydrogen) atoms. The number of halogens is 6. The molecule has 0 aliphatic carbocycles. The van der Waals surface area contributed by atoms with E-state index < -0.39 is 40.3 Å². The zero-order valence-corrected chi connectivity index (χ0v) is 11.1. The van der Waals surface area contributed by atoms with Gasteiger partial charge in [0.05, 0.1) is 19.6 Å². The second kappa shape index (κ2) is 5.18. The molecule has 0 bridgehead atoms. The third-order valence-corrected chi connectivity index (χ3v) is 2.81. The molecule has 1 aromatic carbocycles. The van der Waals surface area contributed by atoms with E-state index in [1.807, 2.05) is 0 Å². The molecule has 4 nitrogen and oxygen atoms in total. The predicted molar refractivity (Wildman–Crippen MR) is 62.6 cm³/mol. The summed E-state index contributed by atoms with van der Waals surface area (Å²) in [7, 11) is 2.19. The minimum atomic E-state index is -4.99. The molecule has 0 saturated carbocycles. The summed E-state index contributed by atoms with van der Waals surface area (Å²) >= 11 is 0. The normalized spacial score (nSPS) is 12.5. The van der Waals surface area contributed by atoms with Crippen LogP contribution in [-0.4, -0.2) is 24.4 Å². The van der Waals surface area contributed by atoms with Gasteiger partial charge in [-0.25, -0.2) is 0 Å². The van der Waals surface area contributed by atoms with Crippen molar-refractivity contribution in [2.45, 2.75) is 12.4 Å². The van der Waals surface area contributed by atoms with Crippen LogP contribution in [0, 0.1) is 0 Å². The molecule has 1 heterocycles. The molecular formula is C12H8F6N2O2. The lowest BCUT2D eigenvalue weighted by Crippen LogP contribution is -2.16. The molecule has 120 valence electrons. The highest BCUT2D eigenvalue weighted by Gasteiger charge is 2.42. The van der Waals surface area contributed by atoms with Gasteiger partial charge in [-0.15, -0.1) is 10.2 Å². The summed E-state index contributed by atoms with van der Waals surface area (Å²) in [5, 5.41) is 3.76. The van der Waals surface area contributed by atoms with E-state index in [0.717, 1.165) is 26.4 Å². The third kappa shape index (κ3) is 2.72. The number of alkyl halides is 6. The third-order valence-electron chi connectivity index (χ3n) is 2.81. The van der Waals surface area contributed by atoms with Crippen LogP contribution in [0.2, 0.25) is 0 Å². The summed E-state index contributed by atoms with van der Waals surface area (Å²) in [6.45, 7) is 0. The predicted octanol–water partition coefficient (Wildman–Crippen LogP) is 3.68. The second-order valence-electron chi connectivity index (χ2n) is 4.14. The topological polar surface area (TPSA) is 44.2 Å². The molecule has 0 fully saturated rings. The second-order valence-corrected chi connectivity index (χ2v) is 4.14. The first kappa shape index (κ1) is 16.1. The molecule has 0 aliphatic rings. The fourth-order valence-corrected chi connectivity index (χ4v) is 1.91. The number of hydrogen-bond donors (Lipinski definition) is 0. The Hall–Kier alpha value is -2.26. The van der Waals surface area contributed by atoms with Gasteiger partial charge in [-0.3, -0.25) is 0 Å². The van der Waals surface area contributed by atoms with Crippen LogP contribution in [-0.2, 0) is 12.4 Å². The average molecular weight is 326 g/mol. The fourth-order valence-electron chi connectivity index (χ4n) is 1.91. The van der Waals surface area contributed by atoms with Crippen LogP contribution < -0.4 is 9.47 Å². The Kier molecular flexibility index (Phi) is 3.80. The zero-order chi connectivity index (χ0) is 16.7. The van der Waals surface area contributed by atoms with Crippen molar-refractivity contribution in [2.75, 3.05) is 14.2 Å². The van der Waals surface area contributed by atoms with Gasteiger partial charge in [0.1, 0.15) is 11.5 Å². The highest BCUT2D eigenvalue weighted by atomic mass is 19.4. The van der Waals surface area contributed by atoms with Crippen LogP contribution in [0.1, 0.15) is 11.4 Å². The van der Waals surface area contributed by atoms with Gasteiger partial charge in [0.2, 0.25) is 0 Å². The van der Waals surface area contributed by atoms with Gasteiger partial charge in [-0.2, -0.15) is 26.3 Å². The Morgan fingerprint density at radius 1 is 0.818 bits per heavy atom. The van der Waals surface area contributed by atoms with Crippen molar-refractivity contribution >= 4 is 10.8 Å². The molecule has 2 rings (SSSR count). The lowest BCUT2D eigenvalue weighted by Gasteiger charge is -2.16. The molecular weight excluding hydrogens is 318 g/mol. The van der Waals surface area contributed by atoms with Crippen LogP contribution >= 0.6 is 0 Å². The molecule has 2 aromatic rings. The SMILES string of the molecule is COc1cc(OC)c2c(C(F)(F)F)nnc(C(F)(F)F)c2c1. The van der Waals surface area contributed by atoms with Crippen molar-refractivity contribution < 1.29 is 35.8 Å². The van der Waals surface area contributed by atoms with Gasteiger partial charge in [0.25, 0.3) is 0 Å². The van der Waals surface area contributed by atoms with Crippen molar-refractivity contribution in [3.63, 3.8) is 0 Å². The minimum absolute atomic E-state index is 0.101. The highest BCUT2D eigenvalue weighted by Crippen LogP contribution is 2.43. The maximum atomic E-state index is 13.0. The van der Waals surface area contributed by atoms with Gasteiger partial charge >= 0.3 is 12.4 Å². The van der Waals surface area contributed by atoms with Crippen LogP contribution in [0.15, 0.2) is 12.1 Å². The molecule has 0 aliphatic heterocycles. The van der Waals surface area contributed by atoms with Crippen LogP contribution in [0.4, 0.5) is 26.3 Å². The first-order chi connectivity index (χ1) is 10.1. The Balaban J connectivity index is 2.99. The molecule has 10 heteroatoms. The molecule has 0 amide bonds. The highest BCUT2D eigenvalue weighted by molar-refractivity contribution is 5.93. The van der Waals surface area contributed by atoms with E-state index in [9.17, 15) is 26.3 Å². The number of ether oxygens (including phenoxy) is 2. The molecule has 0 N–H and O–H groups in total. The summed E-state index contributed by atoms with van der Waals surface area (Å²) < 4.78 is 87.3. The number of benzene rings is 1. The zero-order valence-electron chi connectivity index (χ0n) is 11.1. The Bertz CT molecular complexity index is 711. The van der Waals surface area contributed by atoms with E-state index >= 15 is 0 Å². The molecule has 0 radical (unpaired) electrons. The number of nitrogens with zero attached hydrogens (tertiary/aromatic N) is 2. The standard InChI is InChI=1S/C12H8F6N2O2/c1-21-5-3-6-8(7(4-5)22-2)10(12(16,17)18)20-19-9(6)11(13,14)15/h3-4H,1-2H3. The first-order valence-electron chi connectivity index (χ1n) is 5.66. The number of aromatic nitrogens is 2. The van der Waals surface area contributed by atoms with E-state index in [2.05, 4.69) is 10.2 Å². The maximum absolute atomic E-state index is 13.0. The van der Waals surface area contributed by atoms with Crippen molar-refractivity contribution in [3.05, 3.63) is 23.5 Å². The first-order valence-corrected chi connectivity index (χ1v) is 5.66. The molecule has 0 spiro atoms. The van der Waals surface area contributed by atoms with Crippen molar-refractivity contribution in [3.8, 4) is 11.5 Å². The van der Waals surface area contributed by atoms with Crippen LogP contribution in [0.3, 0.4) is 0 Å². The number of hydrogen-bond acceptors (Lipinski definition) is 4. The van der Waals surface area contributed by atoms with Gasteiger partial charge in [-0.1, -0.05) is 0 Å². The fraction of sp³-hybridized carbons (Fsp3) is 0.333. The van der Waals surface area contributed by atoms with Gasteiger partial charge in [-0.05, 0) is 6.07 Å². The average Bonchev–Trinajstić information content (AvgIpc) is 2.42. The Labute approximate surface area is 119 Å². The van der Waals surface area contributed by atoms with E-state index in [4.69, 9.17) is 9.47 Å². The number of rotatable bonds is 2. The van der Waals surface area contributed by atoms with Gasteiger partial charge in [0, 0.05) is 11.5 Å². The summed E-state index contributed by atoms with van der Waals surface area (Å²) in [4.78, 5) is 0. The van der Waals surface area contributed by atoms with Crippen LogP contribution in [0.5, 0.6) is 11.5 Å². The summed E-state index contributed by atoms with van der Waals surface area (Å²) in [6, 6.07) is 1.85.